The highest BCUT2D eigenvalue weighted by molar-refractivity contribution is 14.1. The van der Waals surface area contributed by atoms with Gasteiger partial charge >= 0.3 is 6.61 Å². The van der Waals surface area contributed by atoms with E-state index in [4.69, 9.17) is 4.74 Å². The minimum atomic E-state index is -3.02. The van der Waals surface area contributed by atoms with Crippen molar-refractivity contribution >= 4 is 22.6 Å². The number of nitrogens with zero attached hydrogens (tertiary/aromatic N) is 4. The van der Waals surface area contributed by atoms with Crippen molar-refractivity contribution in [2.45, 2.75) is 6.61 Å². The molecule has 31 heavy (non-hydrogen) atoms. The Morgan fingerprint density at radius 2 is 1.84 bits per heavy atom. The molecule has 0 aliphatic heterocycles. The Kier molecular flexibility index (Phi) is 5.98. The number of aromatic nitrogens is 4. The molecule has 4 rings (SSSR count). The lowest BCUT2D eigenvalue weighted by Crippen LogP contribution is -2.18. The fourth-order valence-corrected chi connectivity index (χ4v) is 3.49. The van der Waals surface area contributed by atoms with E-state index in [-0.39, 0.29) is 22.9 Å². The molecule has 0 saturated heterocycles. The number of para-hydroxylation sites is 1. The third kappa shape index (κ3) is 4.29. The van der Waals surface area contributed by atoms with Crippen LogP contribution in [-0.2, 0) is 0 Å². The summed E-state index contributed by atoms with van der Waals surface area (Å²) >= 11 is 1.99. The van der Waals surface area contributed by atoms with E-state index in [1.54, 1.807) is 29.1 Å². The van der Waals surface area contributed by atoms with Crippen LogP contribution in [0.3, 0.4) is 0 Å². The molecule has 0 aliphatic carbocycles. The van der Waals surface area contributed by atoms with Crippen LogP contribution in [0.25, 0.3) is 22.8 Å². The fourth-order valence-electron chi connectivity index (χ4n) is 3.03. The SMILES string of the molecule is COc1cn(-c2ccc(I)cc2OC(F)F)nc(-c2ccnn2-c2ccccc2)c1=O. The molecule has 2 heterocycles. The zero-order valence-corrected chi connectivity index (χ0v) is 18.2. The molecule has 0 amide bonds. The van der Waals surface area contributed by atoms with Crippen LogP contribution in [0.4, 0.5) is 8.78 Å². The van der Waals surface area contributed by atoms with Crippen molar-refractivity contribution in [3.63, 3.8) is 0 Å². The third-order valence-corrected chi connectivity index (χ3v) is 5.05. The highest BCUT2D eigenvalue weighted by Crippen LogP contribution is 2.28. The van der Waals surface area contributed by atoms with Crippen LogP contribution in [0, 0.1) is 3.57 Å². The second-order valence-electron chi connectivity index (χ2n) is 6.27. The minimum Gasteiger partial charge on any atom is -0.491 e. The van der Waals surface area contributed by atoms with E-state index in [0.29, 0.717) is 9.26 Å². The summed E-state index contributed by atoms with van der Waals surface area (Å²) in [7, 11) is 1.35. The molecule has 0 unspecified atom stereocenters. The van der Waals surface area contributed by atoms with E-state index in [1.165, 1.54) is 24.1 Å². The molecule has 2 aromatic heterocycles. The van der Waals surface area contributed by atoms with Crippen LogP contribution >= 0.6 is 22.6 Å². The van der Waals surface area contributed by atoms with Crippen molar-refractivity contribution in [3.05, 3.63) is 80.8 Å². The van der Waals surface area contributed by atoms with Crippen LogP contribution in [0.1, 0.15) is 0 Å². The van der Waals surface area contributed by atoms with Gasteiger partial charge in [-0.15, -0.1) is 0 Å². The van der Waals surface area contributed by atoms with Crippen LogP contribution in [0.2, 0.25) is 0 Å². The van der Waals surface area contributed by atoms with Gasteiger partial charge in [-0.2, -0.15) is 19.0 Å². The van der Waals surface area contributed by atoms with Gasteiger partial charge in [-0.25, -0.2) is 9.36 Å². The highest BCUT2D eigenvalue weighted by Gasteiger charge is 2.20. The smallest absolute Gasteiger partial charge is 0.387 e. The number of halogens is 3. The Morgan fingerprint density at radius 3 is 2.55 bits per heavy atom. The van der Waals surface area contributed by atoms with Gasteiger partial charge in [0.05, 0.1) is 30.9 Å². The number of hydrogen-bond donors (Lipinski definition) is 0. The van der Waals surface area contributed by atoms with E-state index >= 15 is 0 Å². The highest BCUT2D eigenvalue weighted by atomic mass is 127. The molecular weight excluding hydrogens is 521 g/mol. The van der Waals surface area contributed by atoms with Gasteiger partial charge in [-0.1, -0.05) is 18.2 Å². The lowest BCUT2D eigenvalue weighted by atomic mass is 10.2. The molecule has 0 atom stereocenters. The molecule has 7 nitrogen and oxygen atoms in total. The fraction of sp³-hybridized carbons (Fsp3) is 0.0952. The Balaban J connectivity index is 1.92. The lowest BCUT2D eigenvalue weighted by Gasteiger charge is -2.15. The standard InChI is InChI=1S/C21H15F2IN4O3/c1-30-18-12-27(15-8-7-13(24)11-17(15)31-21(22)23)26-19(20(18)29)16-9-10-25-28(16)14-5-3-2-4-6-14/h2-12,21H,1H3. The number of alkyl halides is 2. The van der Waals surface area contributed by atoms with E-state index < -0.39 is 12.0 Å². The third-order valence-electron chi connectivity index (χ3n) is 4.38. The minimum absolute atomic E-state index is 0.00708. The molecule has 0 spiro atoms. The monoisotopic (exact) mass is 536 g/mol. The summed E-state index contributed by atoms with van der Waals surface area (Å²) in [5.41, 5.74) is 0.964. The van der Waals surface area contributed by atoms with Gasteiger partial charge in [-0.05, 0) is 59.0 Å². The van der Waals surface area contributed by atoms with Crippen molar-refractivity contribution in [3.8, 4) is 34.3 Å². The zero-order valence-electron chi connectivity index (χ0n) is 16.1. The zero-order chi connectivity index (χ0) is 22.0. The van der Waals surface area contributed by atoms with Crippen molar-refractivity contribution in [1.82, 2.24) is 19.6 Å². The lowest BCUT2D eigenvalue weighted by molar-refractivity contribution is -0.0499. The average molecular weight is 536 g/mol. The average Bonchev–Trinajstić information content (AvgIpc) is 3.24. The van der Waals surface area contributed by atoms with Gasteiger partial charge in [0.1, 0.15) is 5.69 Å². The Hall–Kier alpha value is -3.28. The van der Waals surface area contributed by atoms with Gasteiger partial charge in [-0.3, -0.25) is 4.79 Å². The number of hydrogen-bond acceptors (Lipinski definition) is 5. The van der Waals surface area contributed by atoms with Crippen LogP contribution in [-0.4, -0.2) is 33.3 Å². The molecule has 0 aliphatic rings. The van der Waals surface area contributed by atoms with Gasteiger partial charge in [0.15, 0.2) is 17.2 Å². The van der Waals surface area contributed by atoms with Gasteiger partial charge in [0.25, 0.3) is 5.43 Å². The molecule has 158 valence electrons. The predicted molar refractivity (Wildman–Crippen MR) is 118 cm³/mol. The number of ether oxygens (including phenoxy) is 2. The molecule has 0 fully saturated rings. The van der Waals surface area contributed by atoms with E-state index in [1.807, 2.05) is 52.9 Å². The number of rotatable bonds is 6. The van der Waals surface area contributed by atoms with E-state index in [9.17, 15) is 13.6 Å². The summed E-state index contributed by atoms with van der Waals surface area (Å²) in [6, 6.07) is 15.6. The molecule has 0 saturated carbocycles. The van der Waals surface area contributed by atoms with Crippen LogP contribution < -0.4 is 14.9 Å². The summed E-state index contributed by atoms with van der Waals surface area (Å²) < 4.78 is 39.4. The molecule has 2 aromatic carbocycles. The van der Waals surface area contributed by atoms with Crippen molar-refractivity contribution in [1.29, 1.82) is 0 Å². The first-order valence-electron chi connectivity index (χ1n) is 9.00. The van der Waals surface area contributed by atoms with Gasteiger partial charge < -0.3 is 9.47 Å². The van der Waals surface area contributed by atoms with Crippen molar-refractivity contribution < 1.29 is 18.3 Å². The second kappa shape index (κ2) is 8.84. The Bertz CT molecular complexity index is 1280. The maximum absolute atomic E-state index is 13.0. The van der Waals surface area contributed by atoms with Crippen LogP contribution in [0.5, 0.6) is 11.5 Å². The largest absolute Gasteiger partial charge is 0.491 e. The van der Waals surface area contributed by atoms with E-state index in [0.717, 1.165) is 5.69 Å². The topological polar surface area (TPSA) is 71.2 Å². The molecule has 0 N–H and O–H groups in total. The molecule has 4 aromatic rings. The maximum atomic E-state index is 13.0. The number of benzene rings is 2. The molecular formula is C21H15F2IN4O3. The summed E-state index contributed by atoms with van der Waals surface area (Å²) in [6.45, 7) is -3.02. The molecule has 0 radical (unpaired) electrons. The first-order valence-corrected chi connectivity index (χ1v) is 10.1. The maximum Gasteiger partial charge on any atom is 0.387 e. The first-order chi connectivity index (χ1) is 15.0. The summed E-state index contributed by atoms with van der Waals surface area (Å²) in [5.74, 6) is -0.0880. The molecule has 0 bridgehead atoms. The van der Waals surface area contributed by atoms with E-state index in [2.05, 4.69) is 14.9 Å². The Morgan fingerprint density at radius 1 is 1.06 bits per heavy atom. The van der Waals surface area contributed by atoms with Crippen molar-refractivity contribution in [2.75, 3.05) is 7.11 Å². The predicted octanol–water partition coefficient (Wildman–Crippen LogP) is 4.30. The normalized spacial score (nSPS) is 11.0. The second-order valence-corrected chi connectivity index (χ2v) is 7.52. The quantitative estimate of drug-likeness (QED) is 0.344. The van der Waals surface area contributed by atoms with Gasteiger partial charge in [0.2, 0.25) is 0 Å². The summed E-state index contributed by atoms with van der Waals surface area (Å²) in [5, 5.41) is 8.71. The summed E-state index contributed by atoms with van der Waals surface area (Å²) in [4.78, 5) is 13.0. The van der Waals surface area contributed by atoms with Crippen LogP contribution in [0.15, 0.2) is 71.8 Å². The van der Waals surface area contributed by atoms with Gasteiger partial charge in [0, 0.05) is 3.57 Å². The molecule has 10 heteroatoms. The van der Waals surface area contributed by atoms with Crippen molar-refractivity contribution in [2.24, 2.45) is 0 Å². The first kappa shape index (κ1) is 21.0. The number of methoxy groups -OCH3 is 1. The summed E-state index contributed by atoms with van der Waals surface area (Å²) in [6.07, 6.45) is 2.87. The Labute approximate surface area is 189 Å².